The number of amides is 1. The van der Waals surface area contributed by atoms with Gasteiger partial charge in [0.2, 0.25) is 0 Å². The predicted octanol–water partition coefficient (Wildman–Crippen LogP) is 4.96. The van der Waals surface area contributed by atoms with Crippen molar-refractivity contribution in [2.24, 2.45) is 0 Å². The van der Waals surface area contributed by atoms with Gasteiger partial charge in [0.1, 0.15) is 5.75 Å². The zero-order valence-corrected chi connectivity index (χ0v) is 25.4. The van der Waals surface area contributed by atoms with Crippen LogP contribution in [0.2, 0.25) is 0 Å². The fourth-order valence-electron chi connectivity index (χ4n) is 5.39. The van der Waals surface area contributed by atoms with Gasteiger partial charge >= 0.3 is 5.97 Å². The highest BCUT2D eigenvalue weighted by molar-refractivity contribution is 5.95. The summed E-state index contributed by atoms with van der Waals surface area (Å²) in [6.07, 6.45) is 2.64. The zero-order valence-electron chi connectivity index (χ0n) is 25.4. The predicted molar refractivity (Wildman–Crippen MR) is 158 cm³/mol. The highest BCUT2D eigenvalue weighted by Crippen LogP contribution is 2.32. The third-order valence-corrected chi connectivity index (χ3v) is 7.39. The van der Waals surface area contributed by atoms with E-state index in [1.54, 1.807) is 39.5 Å². The molecule has 0 saturated carbocycles. The van der Waals surface area contributed by atoms with Crippen molar-refractivity contribution in [3.8, 4) is 17.2 Å². The Bertz CT molecular complexity index is 1110. The minimum atomic E-state index is -0.191. The summed E-state index contributed by atoms with van der Waals surface area (Å²) in [5.41, 5.74) is 1.67. The number of rotatable bonds is 15. The largest absolute Gasteiger partial charge is 0.497 e. The minimum absolute atomic E-state index is 0.0210. The maximum Gasteiger partial charge on any atom is 0.307 e. The molecule has 1 fully saturated rings. The number of carbonyl (C=O) groups is 2. The quantitative estimate of drug-likeness (QED) is 0.220. The monoisotopic (exact) mass is 570 g/mol. The Labute approximate surface area is 244 Å². The lowest BCUT2D eigenvalue weighted by Crippen LogP contribution is -2.55. The number of piperidine rings is 1. The summed E-state index contributed by atoms with van der Waals surface area (Å²) in [7, 11) is 4.89. The van der Waals surface area contributed by atoms with E-state index in [9.17, 15) is 9.59 Å². The number of hydrogen-bond acceptors (Lipinski definition) is 8. The summed E-state index contributed by atoms with van der Waals surface area (Å²) < 4.78 is 27.1. The molecule has 1 heterocycles. The molecule has 9 nitrogen and oxygen atoms in total. The molecule has 0 aromatic heterocycles. The summed E-state index contributed by atoms with van der Waals surface area (Å²) >= 11 is 0. The third kappa shape index (κ3) is 9.10. The van der Waals surface area contributed by atoms with Gasteiger partial charge in [-0.05, 0) is 69.5 Å². The van der Waals surface area contributed by atoms with Gasteiger partial charge in [-0.25, -0.2) is 0 Å². The molecule has 2 aromatic rings. The van der Waals surface area contributed by atoms with E-state index in [-0.39, 0.29) is 30.0 Å². The second-order valence-electron chi connectivity index (χ2n) is 10.5. The molecule has 0 aliphatic carbocycles. The molecule has 41 heavy (non-hydrogen) atoms. The summed E-state index contributed by atoms with van der Waals surface area (Å²) in [5, 5.41) is 0. The maximum atomic E-state index is 14.0. The molecular weight excluding hydrogens is 524 g/mol. The first-order valence-electron chi connectivity index (χ1n) is 14.5. The molecule has 226 valence electrons. The summed E-state index contributed by atoms with van der Waals surface area (Å²) in [5.74, 6) is 1.68. The van der Waals surface area contributed by atoms with Crippen LogP contribution in [0.4, 0.5) is 0 Å². The lowest BCUT2D eigenvalue weighted by atomic mass is 9.93. The van der Waals surface area contributed by atoms with Crippen LogP contribution in [0.25, 0.3) is 0 Å². The minimum Gasteiger partial charge on any atom is -0.497 e. The number of esters is 1. The lowest BCUT2D eigenvalue weighted by molar-refractivity contribution is -0.145. The Kier molecular flexibility index (Phi) is 12.7. The topological polar surface area (TPSA) is 86.8 Å². The van der Waals surface area contributed by atoms with E-state index in [4.69, 9.17) is 23.7 Å². The standard InChI is InChI=1S/C32H46N2O7/c1-7-40-31(35)20-26-12-13-27(22-33(26)21-24-9-14-28(38-5)15-10-24)34(23(2)3)32(36)25-11-16-29(39-6)30(19-25)41-18-8-17-37-4/h9-11,14-16,19,23,26-27H,7-8,12-13,17-18,20-22H2,1-6H3/t26-,27+/m0/s1. The Balaban J connectivity index is 1.82. The van der Waals surface area contributed by atoms with Crippen molar-refractivity contribution in [1.82, 2.24) is 9.80 Å². The molecule has 0 bridgehead atoms. The Hall–Kier alpha value is -3.30. The molecule has 1 aliphatic heterocycles. The number of nitrogens with zero attached hydrogens (tertiary/aromatic N) is 2. The van der Waals surface area contributed by atoms with Crippen LogP contribution >= 0.6 is 0 Å². The third-order valence-electron chi connectivity index (χ3n) is 7.39. The second kappa shape index (κ2) is 16.2. The Morgan fingerprint density at radius 1 is 0.976 bits per heavy atom. The fourth-order valence-corrected chi connectivity index (χ4v) is 5.39. The molecule has 1 aliphatic rings. The molecule has 1 amide bonds. The summed E-state index contributed by atoms with van der Waals surface area (Å²) in [4.78, 5) is 30.7. The van der Waals surface area contributed by atoms with Gasteiger partial charge in [-0.15, -0.1) is 0 Å². The lowest BCUT2D eigenvalue weighted by Gasteiger charge is -2.45. The van der Waals surface area contributed by atoms with Crippen molar-refractivity contribution >= 4 is 11.9 Å². The van der Waals surface area contributed by atoms with Crippen LogP contribution in [0.15, 0.2) is 42.5 Å². The maximum absolute atomic E-state index is 14.0. The number of hydrogen-bond donors (Lipinski definition) is 0. The van der Waals surface area contributed by atoms with Crippen LogP contribution in [0.5, 0.6) is 17.2 Å². The first-order valence-corrected chi connectivity index (χ1v) is 14.5. The molecule has 3 rings (SSSR count). The van der Waals surface area contributed by atoms with Gasteiger partial charge in [-0.1, -0.05) is 12.1 Å². The molecule has 0 N–H and O–H groups in total. The van der Waals surface area contributed by atoms with Gasteiger partial charge in [0, 0.05) is 56.9 Å². The average molecular weight is 571 g/mol. The van der Waals surface area contributed by atoms with Crippen molar-refractivity contribution in [1.29, 1.82) is 0 Å². The number of benzene rings is 2. The van der Waals surface area contributed by atoms with E-state index in [2.05, 4.69) is 4.90 Å². The van der Waals surface area contributed by atoms with Gasteiger partial charge in [0.15, 0.2) is 11.5 Å². The van der Waals surface area contributed by atoms with E-state index in [0.29, 0.717) is 56.4 Å². The average Bonchev–Trinajstić information content (AvgIpc) is 2.97. The zero-order chi connectivity index (χ0) is 29.8. The van der Waals surface area contributed by atoms with Crippen molar-refractivity contribution in [2.45, 2.75) is 71.1 Å². The van der Waals surface area contributed by atoms with Crippen LogP contribution in [0, 0.1) is 0 Å². The normalized spacial score (nSPS) is 17.2. The molecule has 9 heteroatoms. The van der Waals surface area contributed by atoms with E-state index in [1.165, 1.54) is 0 Å². The molecule has 0 unspecified atom stereocenters. The highest BCUT2D eigenvalue weighted by atomic mass is 16.5. The fraction of sp³-hybridized carbons (Fsp3) is 0.562. The Morgan fingerprint density at radius 2 is 1.73 bits per heavy atom. The van der Waals surface area contributed by atoms with E-state index in [0.717, 1.165) is 30.6 Å². The summed E-state index contributed by atoms with van der Waals surface area (Å²) in [6.45, 7) is 8.63. The molecule has 2 aromatic carbocycles. The molecule has 0 radical (unpaired) electrons. The van der Waals surface area contributed by atoms with Crippen LogP contribution < -0.4 is 14.2 Å². The van der Waals surface area contributed by atoms with Crippen LogP contribution in [0.1, 0.15) is 62.4 Å². The van der Waals surface area contributed by atoms with Crippen molar-refractivity contribution in [3.05, 3.63) is 53.6 Å². The second-order valence-corrected chi connectivity index (χ2v) is 10.5. The van der Waals surface area contributed by atoms with Crippen LogP contribution in [-0.4, -0.2) is 87.5 Å². The SMILES string of the molecule is CCOC(=O)C[C@@H]1CC[C@@H](N(C(=O)c2ccc(OC)c(OCCCOC)c2)C(C)C)CN1Cc1ccc(OC)cc1. The van der Waals surface area contributed by atoms with Gasteiger partial charge in [0.25, 0.3) is 5.91 Å². The van der Waals surface area contributed by atoms with Gasteiger partial charge in [-0.3, -0.25) is 14.5 Å². The van der Waals surface area contributed by atoms with Crippen LogP contribution in [-0.2, 0) is 20.8 Å². The van der Waals surface area contributed by atoms with Crippen molar-refractivity contribution in [3.63, 3.8) is 0 Å². The number of carbonyl (C=O) groups excluding carboxylic acids is 2. The van der Waals surface area contributed by atoms with Crippen LogP contribution in [0.3, 0.4) is 0 Å². The number of ether oxygens (including phenoxy) is 5. The van der Waals surface area contributed by atoms with Gasteiger partial charge < -0.3 is 28.6 Å². The first kappa shape index (κ1) is 32.2. The smallest absolute Gasteiger partial charge is 0.307 e. The number of likely N-dealkylation sites (tertiary alicyclic amines) is 1. The highest BCUT2D eigenvalue weighted by Gasteiger charge is 2.36. The van der Waals surface area contributed by atoms with Gasteiger partial charge in [-0.2, -0.15) is 0 Å². The van der Waals surface area contributed by atoms with E-state index in [1.807, 2.05) is 49.9 Å². The van der Waals surface area contributed by atoms with E-state index >= 15 is 0 Å². The molecule has 0 spiro atoms. The van der Waals surface area contributed by atoms with Crippen molar-refractivity contribution in [2.75, 3.05) is 47.7 Å². The van der Waals surface area contributed by atoms with Crippen molar-refractivity contribution < 1.29 is 33.3 Å². The molecular formula is C32H46N2O7. The van der Waals surface area contributed by atoms with E-state index < -0.39 is 0 Å². The number of methoxy groups -OCH3 is 3. The summed E-state index contributed by atoms with van der Waals surface area (Å²) in [6, 6.07) is 13.3. The molecule has 2 atom stereocenters. The molecule has 1 saturated heterocycles. The Morgan fingerprint density at radius 3 is 2.37 bits per heavy atom. The first-order chi connectivity index (χ1) is 19.8. The van der Waals surface area contributed by atoms with Gasteiger partial charge in [0.05, 0.1) is 33.9 Å².